The number of hydrogen-bond donors (Lipinski definition) is 2. The van der Waals surface area contributed by atoms with Crippen molar-refractivity contribution in [3.8, 4) is 11.5 Å². The minimum atomic E-state index is -0.700. The van der Waals surface area contributed by atoms with Crippen molar-refractivity contribution in [2.45, 2.75) is 0 Å². The number of ether oxygens (including phenoxy) is 2. The van der Waals surface area contributed by atoms with Crippen LogP contribution in [0.5, 0.6) is 11.5 Å². The number of nitro benzene ring substituents is 1. The molecule has 0 fully saturated rings. The molecule has 2 amide bonds. The minimum Gasteiger partial charge on any atom is -0.493 e. The molecule has 13 heteroatoms. The lowest BCUT2D eigenvalue weighted by atomic mass is 10.2. The van der Waals surface area contributed by atoms with E-state index < -0.39 is 29.2 Å². The van der Waals surface area contributed by atoms with Crippen LogP contribution in [-0.2, 0) is 4.79 Å². The fourth-order valence-electron chi connectivity index (χ4n) is 3.30. The summed E-state index contributed by atoms with van der Waals surface area (Å²) in [6, 6.07) is 14.1. The Bertz CT molecular complexity index is 1570. The number of hydrazone groups is 1. The number of amides is 2. The molecule has 0 aliphatic heterocycles. The lowest BCUT2D eigenvalue weighted by molar-refractivity contribution is -0.384. The van der Waals surface area contributed by atoms with Crippen molar-refractivity contribution in [2.75, 3.05) is 19.0 Å². The molecule has 0 spiro atoms. The molecule has 0 aliphatic rings. The molecular weight excluding hydrogens is 523 g/mol. The normalized spacial score (nSPS) is 10.9. The summed E-state index contributed by atoms with van der Waals surface area (Å²) < 4.78 is 29.6. The molecule has 0 aliphatic carbocycles. The summed E-state index contributed by atoms with van der Waals surface area (Å²) in [7, 11) is 1.33. The van der Waals surface area contributed by atoms with E-state index in [4.69, 9.17) is 25.5 Å². The average Bonchev–Trinajstić information content (AvgIpc) is 3.33. The van der Waals surface area contributed by atoms with Crippen LogP contribution in [0.1, 0.15) is 16.1 Å². The van der Waals surface area contributed by atoms with E-state index in [9.17, 15) is 24.1 Å². The molecule has 11 nitrogen and oxygen atoms in total. The van der Waals surface area contributed by atoms with Crippen LogP contribution in [0, 0.1) is 15.9 Å². The summed E-state index contributed by atoms with van der Waals surface area (Å²) in [5.74, 6) is -1.66. The van der Waals surface area contributed by atoms with Crippen molar-refractivity contribution < 1.29 is 32.8 Å². The third-order valence-electron chi connectivity index (χ3n) is 5.06. The van der Waals surface area contributed by atoms with Gasteiger partial charge in [0.25, 0.3) is 11.6 Å². The second-order valence-corrected chi connectivity index (χ2v) is 8.05. The Balaban J connectivity index is 1.36. The van der Waals surface area contributed by atoms with Crippen molar-refractivity contribution >= 4 is 52.0 Å². The van der Waals surface area contributed by atoms with Crippen LogP contribution in [0.4, 0.5) is 15.8 Å². The van der Waals surface area contributed by atoms with E-state index >= 15 is 0 Å². The molecule has 0 saturated heterocycles. The van der Waals surface area contributed by atoms with E-state index in [1.807, 2.05) is 0 Å². The van der Waals surface area contributed by atoms with Crippen LogP contribution in [0.25, 0.3) is 11.0 Å². The third-order valence-corrected chi connectivity index (χ3v) is 5.36. The number of carbonyl (C=O) groups is 2. The zero-order valence-electron chi connectivity index (χ0n) is 19.6. The van der Waals surface area contributed by atoms with Gasteiger partial charge in [-0.2, -0.15) is 5.10 Å². The first kappa shape index (κ1) is 26.1. The van der Waals surface area contributed by atoms with E-state index in [1.54, 1.807) is 12.1 Å². The smallest absolute Gasteiger partial charge is 0.307 e. The Hall–Kier alpha value is -4.97. The van der Waals surface area contributed by atoms with Crippen LogP contribution in [0.2, 0.25) is 5.02 Å². The highest BCUT2D eigenvalue weighted by Crippen LogP contribution is 2.33. The molecule has 194 valence electrons. The second-order valence-electron chi connectivity index (χ2n) is 7.64. The molecule has 1 aromatic heterocycles. The molecule has 1 heterocycles. The fraction of sp³-hybridized carbons (Fsp3) is 0.0800. The van der Waals surface area contributed by atoms with Gasteiger partial charge in [0.1, 0.15) is 11.6 Å². The minimum absolute atomic E-state index is 0.0314. The van der Waals surface area contributed by atoms with Gasteiger partial charge in [0.15, 0.2) is 23.7 Å². The van der Waals surface area contributed by atoms with Gasteiger partial charge in [0.05, 0.1) is 35.0 Å². The molecule has 0 radical (unpaired) electrons. The maximum Gasteiger partial charge on any atom is 0.307 e. The number of nitrogens with one attached hydrogen (secondary N) is 2. The summed E-state index contributed by atoms with van der Waals surface area (Å²) in [5.41, 5.74) is 2.79. The maximum absolute atomic E-state index is 13.6. The Morgan fingerprint density at radius 2 is 1.95 bits per heavy atom. The van der Waals surface area contributed by atoms with Crippen LogP contribution in [0.15, 0.2) is 70.2 Å². The number of methoxy groups -OCH3 is 1. The average molecular weight is 541 g/mol. The van der Waals surface area contributed by atoms with Gasteiger partial charge in [-0.25, -0.2) is 9.82 Å². The van der Waals surface area contributed by atoms with Crippen LogP contribution < -0.4 is 20.2 Å². The number of non-ortho nitro benzene ring substituents is 1. The van der Waals surface area contributed by atoms with E-state index in [2.05, 4.69) is 15.8 Å². The van der Waals surface area contributed by atoms with Gasteiger partial charge in [-0.15, -0.1) is 0 Å². The number of anilines is 1. The van der Waals surface area contributed by atoms with E-state index in [-0.39, 0.29) is 39.2 Å². The van der Waals surface area contributed by atoms with E-state index in [1.165, 1.54) is 61.9 Å². The zero-order chi connectivity index (χ0) is 27.2. The summed E-state index contributed by atoms with van der Waals surface area (Å²) in [6.07, 6.45) is 1.31. The van der Waals surface area contributed by atoms with Crippen molar-refractivity contribution in [1.29, 1.82) is 0 Å². The lowest BCUT2D eigenvalue weighted by Crippen LogP contribution is -2.20. The molecule has 4 aromatic rings. The molecule has 0 saturated carbocycles. The summed E-state index contributed by atoms with van der Waals surface area (Å²) in [5, 5.41) is 17.8. The number of benzene rings is 3. The molecule has 0 unspecified atom stereocenters. The summed E-state index contributed by atoms with van der Waals surface area (Å²) in [6.45, 7) is -0.400. The molecule has 0 atom stereocenters. The predicted molar refractivity (Wildman–Crippen MR) is 136 cm³/mol. The maximum atomic E-state index is 13.6. The van der Waals surface area contributed by atoms with Crippen molar-refractivity contribution in [3.05, 3.63) is 92.9 Å². The highest BCUT2D eigenvalue weighted by atomic mass is 35.5. The van der Waals surface area contributed by atoms with Gasteiger partial charge in [-0.1, -0.05) is 23.7 Å². The van der Waals surface area contributed by atoms with Crippen molar-refractivity contribution in [3.63, 3.8) is 0 Å². The van der Waals surface area contributed by atoms with Crippen LogP contribution in [0.3, 0.4) is 0 Å². The number of nitro groups is 1. The number of para-hydroxylation sites is 1. The predicted octanol–water partition coefficient (Wildman–Crippen LogP) is 4.92. The third kappa shape index (κ3) is 6.05. The van der Waals surface area contributed by atoms with Gasteiger partial charge in [-0.05, 0) is 42.0 Å². The molecule has 0 bridgehead atoms. The number of rotatable bonds is 9. The number of carbonyl (C=O) groups excluding carboxylic acids is 2. The van der Waals surface area contributed by atoms with Crippen LogP contribution >= 0.6 is 11.6 Å². The van der Waals surface area contributed by atoms with Gasteiger partial charge in [-0.3, -0.25) is 19.7 Å². The first-order valence-electron chi connectivity index (χ1n) is 10.8. The Labute approximate surface area is 218 Å². The van der Waals surface area contributed by atoms with Crippen LogP contribution in [-0.4, -0.2) is 36.7 Å². The topological polar surface area (TPSA) is 145 Å². The van der Waals surface area contributed by atoms with Gasteiger partial charge in [0.2, 0.25) is 0 Å². The standard InChI is InChI=1S/C25H18ClFN4O7/c1-36-21-11-16(31(34)35)9-15-10-22(38-24(15)21)25(33)30-28-12-14-6-7-20(17(26)8-14)37-13-23(32)29-19-5-3-2-4-18(19)27/h2-12H,13H2,1H3,(H,29,32)(H,30,33)/b28-12-. The molecular formula is C25H18ClFN4O7. The number of nitrogens with zero attached hydrogens (tertiary/aromatic N) is 2. The van der Waals surface area contributed by atoms with Crippen molar-refractivity contribution in [2.24, 2.45) is 5.10 Å². The zero-order valence-corrected chi connectivity index (χ0v) is 20.3. The number of halogens is 2. The van der Waals surface area contributed by atoms with E-state index in [0.717, 1.165) is 0 Å². The summed E-state index contributed by atoms with van der Waals surface area (Å²) >= 11 is 6.20. The highest BCUT2D eigenvalue weighted by molar-refractivity contribution is 6.32. The molecule has 4 rings (SSSR count). The lowest BCUT2D eigenvalue weighted by Gasteiger charge is -2.09. The number of furan rings is 1. The Kier molecular flexibility index (Phi) is 7.83. The molecule has 3 aromatic carbocycles. The summed E-state index contributed by atoms with van der Waals surface area (Å²) in [4.78, 5) is 35.0. The Morgan fingerprint density at radius 3 is 2.66 bits per heavy atom. The van der Waals surface area contributed by atoms with Gasteiger partial charge < -0.3 is 19.2 Å². The number of fused-ring (bicyclic) bond motifs is 1. The first-order chi connectivity index (χ1) is 18.2. The molecule has 2 N–H and O–H groups in total. The highest BCUT2D eigenvalue weighted by Gasteiger charge is 2.19. The second kappa shape index (κ2) is 11.4. The fourth-order valence-corrected chi connectivity index (χ4v) is 3.55. The van der Waals surface area contributed by atoms with Gasteiger partial charge in [0, 0.05) is 11.5 Å². The first-order valence-corrected chi connectivity index (χ1v) is 11.2. The quantitative estimate of drug-likeness (QED) is 0.174. The van der Waals surface area contributed by atoms with Gasteiger partial charge >= 0.3 is 5.91 Å². The number of hydrogen-bond acceptors (Lipinski definition) is 8. The Morgan fingerprint density at radius 1 is 1.16 bits per heavy atom. The largest absolute Gasteiger partial charge is 0.493 e. The van der Waals surface area contributed by atoms with E-state index in [0.29, 0.717) is 10.9 Å². The monoisotopic (exact) mass is 540 g/mol. The van der Waals surface area contributed by atoms with Crippen molar-refractivity contribution in [1.82, 2.24) is 5.43 Å². The SMILES string of the molecule is COc1cc([N+](=O)[O-])cc2cc(C(=O)N/N=C\c3ccc(OCC(=O)Nc4ccccc4F)c(Cl)c3)oc12. The molecule has 38 heavy (non-hydrogen) atoms.